The molecule has 0 aliphatic rings. The minimum absolute atomic E-state index is 0.158. The molecule has 178 valence electrons. The molecule has 0 saturated heterocycles. The SMILES string of the molecule is CC[C@H](C)N(CC(=O)N(Cc1ccc(F)cc1)Cc1cccs1)C(=O)c1cccc([N+](=O)[O-])c1. The number of carbonyl (C=O) groups excluding carboxylic acids is 2. The van der Waals surface area contributed by atoms with Crippen LogP contribution in [0.2, 0.25) is 0 Å². The largest absolute Gasteiger partial charge is 0.332 e. The van der Waals surface area contributed by atoms with E-state index in [1.165, 1.54) is 52.6 Å². The van der Waals surface area contributed by atoms with Crippen molar-refractivity contribution in [3.63, 3.8) is 0 Å². The van der Waals surface area contributed by atoms with Crippen molar-refractivity contribution < 1.29 is 18.9 Å². The molecule has 7 nitrogen and oxygen atoms in total. The van der Waals surface area contributed by atoms with E-state index in [0.29, 0.717) is 13.0 Å². The molecule has 3 aromatic rings. The average Bonchev–Trinajstić information content (AvgIpc) is 3.35. The summed E-state index contributed by atoms with van der Waals surface area (Å²) in [5.41, 5.74) is 0.744. The number of hydrogen-bond donors (Lipinski definition) is 0. The van der Waals surface area contributed by atoms with E-state index in [0.717, 1.165) is 10.4 Å². The van der Waals surface area contributed by atoms with Crippen LogP contribution in [0, 0.1) is 15.9 Å². The van der Waals surface area contributed by atoms with E-state index in [9.17, 15) is 24.1 Å². The number of carbonyl (C=O) groups is 2. The maximum absolute atomic E-state index is 13.4. The highest BCUT2D eigenvalue weighted by atomic mass is 32.1. The van der Waals surface area contributed by atoms with Gasteiger partial charge in [-0.25, -0.2) is 4.39 Å². The minimum Gasteiger partial charge on any atom is -0.332 e. The molecular weight excluding hydrogens is 457 g/mol. The van der Waals surface area contributed by atoms with Crippen LogP contribution in [0.15, 0.2) is 66.0 Å². The summed E-state index contributed by atoms with van der Waals surface area (Å²) in [5, 5.41) is 13.1. The summed E-state index contributed by atoms with van der Waals surface area (Å²) in [6.45, 7) is 4.18. The topological polar surface area (TPSA) is 83.8 Å². The van der Waals surface area contributed by atoms with Gasteiger partial charge in [0.2, 0.25) is 5.91 Å². The molecule has 0 unspecified atom stereocenters. The van der Waals surface area contributed by atoms with Gasteiger partial charge in [-0.3, -0.25) is 19.7 Å². The highest BCUT2D eigenvalue weighted by molar-refractivity contribution is 7.09. The van der Waals surface area contributed by atoms with Crippen molar-refractivity contribution in [1.29, 1.82) is 0 Å². The van der Waals surface area contributed by atoms with Crippen molar-refractivity contribution in [3.05, 3.63) is 98.0 Å². The predicted molar refractivity (Wildman–Crippen MR) is 129 cm³/mol. The van der Waals surface area contributed by atoms with Gasteiger partial charge >= 0.3 is 0 Å². The molecule has 0 saturated carbocycles. The van der Waals surface area contributed by atoms with Crippen molar-refractivity contribution in [2.45, 2.75) is 39.4 Å². The van der Waals surface area contributed by atoms with Crippen LogP contribution in [0.3, 0.4) is 0 Å². The quantitative estimate of drug-likeness (QED) is 0.291. The molecule has 1 atom stereocenters. The summed E-state index contributed by atoms with van der Waals surface area (Å²) in [4.78, 5) is 41.4. The van der Waals surface area contributed by atoms with Gasteiger partial charge in [0.25, 0.3) is 11.6 Å². The third-order valence-corrected chi connectivity index (χ3v) is 6.42. The summed E-state index contributed by atoms with van der Waals surface area (Å²) in [6.07, 6.45) is 0.608. The summed E-state index contributed by atoms with van der Waals surface area (Å²) in [6, 6.07) is 15.0. The van der Waals surface area contributed by atoms with Gasteiger partial charge in [0.05, 0.1) is 11.5 Å². The molecule has 0 bridgehead atoms. The lowest BCUT2D eigenvalue weighted by Crippen LogP contribution is -2.46. The lowest BCUT2D eigenvalue weighted by atomic mass is 10.1. The average molecular weight is 484 g/mol. The van der Waals surface area contributed by atoms with Crippen molar-refractivity contribution in [1.82, 2.24) is 9.80 Å². The Kier molecular flexibility index (Phi) is 8.48. The zero-order valence-corrected chi connectivity index (χ0v) is 19.8. The molecule has 9 heteroatoms. The van der Waals surface area contributed by atoms with Crippen LogP contribution in [0.25, 0.3) is 0 Å². The van der Waals surface area contributed by atoms with E-state index in [2.05, 4.69) is 0 Å². The van der Waals surface area contributed by atoms with Crippen LogP contribution in [-0.4, -0.2) is 39.1 Å². The molecule has 2 amide bonds. The fraction of sp³-hybridized carbons (Fsp3) is 0.280. The first-order valence-electron chi connectivity index (χ1n) is 10.9. The van der Waals surface area contributed by atoms with E-state index in [1.807, 2.05) is 31.4 Å². The van der Waals surface area contributed by atoms with Crippen LogP contribution in [0.1, 0.15) is 41.1 Å². The molecule has 2 aromatic carbocycles. The number of hydrogen-bond acceptors (Lipinski definition) is 5. The van der Waals surface area contributed by atoms with Crippen LogP contribution in [-0.2, 0) is 17.9 Å². The summed E-state index contributed by atoms with van der Waals surface area (Å²) < 4.78 is 13.4. The standard InChI is InChI=1S/C25H26FN3O4S/c1-3-18(2)28(25(31)20-6-4-7-22(14-20)29(32)33)17-24(30)27(16-23-8-5-13-34-23)15-19-9-11-21(26)12-10-19/h4-14,18H,3,15-17H2,1-2H3/t18-/m0/s1. The third kappa shape index (κ3) is 6.48. The van der Waals surface area contributed by atoms with Gasteiger partial charge < -0.3 is 9.80 Å². The Morgan fingerprint density at radius 2 is 1.82 bits per heavy atom. The fourth-order valence-corrected chi connectivity index (χ4v) is 4.16. The van der Waals surface area contributed by atoms with Gasteiger partial charge in [-0.15, -0.1) is 11.3 Å². The zero-order valence-electron chi connectivity index (χ0n) is 19.0. The van der Waals surface area contributed by atoms with E-state index in [4.69, 9.17) is 0 Å². The third-order valence-electron chi connectivity index (χ3n) is 5.56. The lowest BCUT2D eigenvalue weighted by Gasteiger charge is -2.31. The van der Waals surface area contributed by atoms with Gasteiger partial charge in [-0.2, -0.15) is 0 Å². The molecule has 0 aliphatic carbocycles. The lowest BCUT2D eigenvalue weighted by molar-refractivity contribution is -0.384. The number of nitro groups is 1. The maximum atomic E-state index is 13.4. The van der Waals surface area contributed by atoms with Crippen molar-refractivity contribution in [2.24, 2.45) is 0 Å². The number of rotatable bonds is 10. The number of amides is 2. The summed E-state index contributed by atoms with van der Waals surface area (Å²) in [5.74, 6) is -1.06. The van der Waals surface area contributed by atoms with E-state index < -0.39 is 10.8 Å². The Morgan fingerprint density at radius 3 is 2.44 bits per heavy atom. The number of benzene rings is 2. The molecule has 0 spiro atoms. The van der Waals surface area contributed by atoms with Gasteiger partial charge in [0, 0.05) is 35.2 Å². The molecule has 0 N–H and O–H groups in total. The molecular formula is C25H26FN3O4S. The number of nitrogens with zero attached hydrogens (tertiary/aromatic N) is 3. The van der Waals surface area contributed by atoms with Crippen LogP contribution >= 0.6 is 11.3 Å². The predicted octanol–water partition coefficient (Wildman–Crippen LogP) is 5.27. The smallest absolute Gasteiger partial charge is 0.270 e. The van der Waals surface area contributed by atoms with Crippen molar-refractivity contribution >= 4 is 28.8 Å². The van der Waals surface area contributed by atoms with Gasteiger partial charge in [0.1, 0.15) is 12.4 Å². The monoisotopic (exact) mass is 483 g/mol. The number of thiophene rings is 1. The number of halogens is 1. The maximum Gasteiger partial charge on any atom is 0.270 e. The number of nitro benzene ring substituents is 1. The second-order valence-corrected chi connectivity index (χ2v) is 8.99. The van der Waals surface area contributed by atoms with Crippen LogP contribution in [0.4, 0.5) is 10.1 Å². The molecule has 0 aliphatic heterocycles. The first-order valence-corrected chi connectivity index (χ1v) is 11.8. The molecule has 1 heterocycles. The highest BCUT2D eigenvalue weighted by Gasteiger charge is 2.27. The van der Waals surface area contributed by atoms with Gasteiger partial charge in [0.15, 0.2) is 0 Å². The molecule has 0 fully saturated rings. The number of non-ortho nitro benzene ring substituents is 1. The Hall–Kier alpha value is -3.59. The van der Waals surface area contributed by atoms with Gasteiger partial charge in [-0.1, -0.05) is 31.2 Å². The van der Waals surface area contributed by atoms with Crippen molar-refractivity contribution in [3.8, 4) is 0 Å². The Morgan fingerprint density at radius 1 is 1.09 bits per heavy atom. The second kappa shape index (κ2) is 11.5. The normalized spacial score (nSPS) is 11.6. The Labute approximate surface area is 201 Å². The van der Waals surface area contributed by atoms with E-state index in [1.54, 1.807) is 17.0 Å². The van der Waals surface area contributed by atoms with E-state index in [-0.39, 0.29) is 42.1 Å². The van der Waals surface area contributed by atoms with Gasteiger partial charge in [-0.05, 0) is 48.6 Å². The zero-order chi connectivity index (χ0) is 24.7. The summed E-state index contributed by atoms with van der Waals surface area (Å²) >= 11 is 1.52. The summed E-state index contributed by atoms with van der Waals surface area (Å²) in [7, 11) is 0. The highest BCUT2D eigenvalue weighted by Crippen LogP contribution is 2.19. The molecule has 34 heavy (non-hydrogen) atoms. The first kappa shape index (κ1) is 25.0. The Bertz CT molecular complexity index is 1140. The first-order chi connectivity index (χ1) is 16.3. The van der Waals surface area contributed by atoms with Crippen LogP contribution in [0.5, 0.6) is 0 Å². The molecule has 0 radical (unpaired) electrons. The molecule has 1 aromatic heterocycles. The second-order valence-electron chi connectivity index (χ2n) is 7.95. The molecule has 3 rings (SSSR count). The van der Waals surface area contributed by atoms with Crippen LogP contribution < -0.4 is 0 Å². The minimum atomic E-state index is -0.555. The van der Waals surface area contributed by atoms with E-state index >= 15 is 0 Å². The fourth-order valence-electron chi connectivity index (χ4n) is 3.45. The van der Waals surface area contributed by atoms with Crippen molar-refractivity contribution in [2.75, 3.05) is 6.54 Å². The Balaban J connectivity index is 1.85.